The van der Waals surface area contributed by atoms with Crippen molar-refractivity contribution in [2.24, 2.45) is 5.41 Å². The molecule has 0 atom stereocenters. The third kappa shape index (κ3) is 5.04. The Kier molecular flexibility index (Phi) is 6.34. The summed E-state index contributed by atoms with van der Waals surface area (Å²) in [6, 6.07) is 5.11. The smallest absolute Gasteiger partial charge is 0.253 e. The number of unbranched alkanes of at least 4 members (excludes halogenated alkanes) is 2. The first-order valence-electron chi connectivity index (χ1n) is 7.19. The molecule has 0 spiro atoms. The molecule has 3 nitrogen and oxygen atoms in total. The maximum absolute atomic E-state index is 12.1. The van der Waals surface area contributed by atoms with E-state index in [1.807, 2.05) is 0 Å². The molecule has 20 heavy (non-hydrogen) atoms. The molecule has 0 saturated heterocycles. The number of anilines is 1. The number of hydrogen-bond acceptors (Lipinski definition) is 2. The van der Waals surface area contributed by atoms with Crippen molar-refractivity contribution in [3.8, 4) is 0 Å². The van der Waals surface area contributed by atoms with Crippen molar-refractivity contribution >= 4 is 23.2 Å². The lowest BCUT2D eigenvalue weighted by molar-refractivity contribution is 0.0935. The third-order valence-corrected chi connectivity index (χ3v) is 3.81. The second-order valence-electron chi connectivity index (χ2n) is 6.01. The fourth-order valence-corrected chi connectivity index (χ4v) is 2.27. The van der Waals surface area contributed by atoms with Gasteiger partial charge in [0.15, 0.2) is 0 Å². The van der Waals surface area contributed by atoms with Gasteiger partial charge in [-0.25, -0.2) is 0 Å². The van der Waals surface area contributed by atoms with E-state index in [2.05, 4.69) is 26.1 Å². The van der Waals surface area contributed by atoms with E-state index in [1.54, 1.807) is 18.2 Å². The molecule has 0 aromatic heterocycles. The quantitative estimate of drug-likeness (QED) is 0.583. The number of nitrogens with one attached hydrogen (secondary N) is 1. The van der Waals surface area contributed by atoms with E-state index < -0.39 is 0 Å². The highest BCUT2D eigenvalue weighted by Gasteiger charge is 2.19. The largest absolute Gasteiger partial charge is 0.397 e. The van der Waals surface area contributed by atoms with Crippen LogP contribution in [0.5, 0.6) is 0 Å². The molecule has 1 aromatic rings. The summed E-state index contributed by atoms with van der Waals surface area (Å²) in [6.45, 7) is 7.17. The number of nitrogen functional groups attached to an aromatic ring is 1. The molecule has 4 heteroatoms. The van der Waals surface area contributed by atoms with Gasteiger partial charge in [-0.05, 0) is 24.0 Å². The first-order valence-corrected chi connectivity index (χ1v) is 7.57. The van der Waals surface area contributed by atoms with Crippen molar-refractivity contribution < 1.29 is 4.79 Å². The molecule has 1 amide bonds. The van der Waals surface area contributed by atoms with Crippen LogP contribution in [0.3, 0.4) is 0 Å². The Labute approximate surface area is 126 Å². The number of rotatable bonds is 7. The summed E-state index contributed by atoms with van der Waals surface area (Å²) in [5.74, 6) is -0.159. The molecular formula is C16H25ClN2O. The highest BCUT2D eigenvalue weighted by Crippen LogP contribution is 2.24. The zero-order chi connectivity index (χ0) is 15.2. The summed E-state index contributed by atoms with van der Waals surface area (Å²) in [5.41, 5.74) is 6.71. The summed E-state index contributed by atoms with van der Waals surface area (Å²) >= 11 is 5.93. The van der Waals surface area contributed by atoms with Crippen LogP contribution in [0.25, 0.3) is 0 Å². The van der Waals surface area contributed by atoms with Crippen molar-refractivity contribution in [2.75, 3.05) is 12.3 Å². The van der Waals surface area contributed by atoms with Crippen molar-refractivity contribution in [1.29, 1.82) is 0 Å². The van der Waals surface area contributed by atoms with Crippen LogP contribution in [0.1, 0.15) is 56.8 Å². The van der Waals surface area contributed by atoms with Gasteiger partial charge in [0.25, 0.3) is 5.91 Å². The fourth-order valence-electron chi connectivity index (χ4n) is 2.09. The predicted molar refractivity (Wildman–Crippen MR) is 86.1 cm³/mol. The molecule has 0 heterocycles. The summed E-state index contributed by atoms with van der Waals surface area (Å²) < 4.78 is 0. The number of benzene rings is 1. The molecule has 0 fully saturated rings. The third-order valence-electron chi connectivity index (χ3n) is 3.48. The van der Waals surface area contributed by atoms with E-state index in [0.717, 1.165) is 6.42 Å². The molecule has 1 aromatic carbocycles. The molecular weight excluding hydrogens is 272 g/mol. The second kappa shape index (κ2) is 7.53. The van der Waals surface area contributed by atoms with Crippen molar-refractivity contribution in [1.82, 2.24) is 5.32 Å². The van der Waals surface area contributed by atoms with Crippen LogP contribution >= 0.6 is 11.6 Å². The number of carbonyl (C=O) groups excluding carboxylic acids is 1. The van der Waals surface area contributed by atoms with E-state index in [1.165, 1.54) is 19.3 Å². The summed E-state index contributed by atoms with van der Waals surface area (Å²) in [6.07, 6.45) is 4.74. The molecule has 0 radical (unpaired) electrons. The van der Waals surface area contributed by atoms with Crippen molar-refractivity contribution in [3.63, 3.8) is 0 Å². The Morgan fingerprint density at radius 2 is 2.05 bits per heavy atom. The first kappa shape index (κ1) is 16.8. The van der Waals surface area contributed by atoms with Gasteiger partial charge in [0.05, 0.1) is 16.3 Å². The van der Waals surface area contributed by atoms with E-state index in [9.17, 15) is 4.79 Å². The van der Waals surface area contributed by atoms with Gasteiger partial charge in [0.2, 0.25) is 0 Å². The van der Waals surface area contributed by atoms with Gasteiger partial charge in [-0.2, -0.15) is 0 Å². The zero-order valence-corrected chi connectivity index (χ0v) is 13.4. The number of para-hydroxylation sites is 1. The van der Waals surface area contributed by atoms with Gasteiger partial charge < -0.3 is 11.1 Å². The fraction of sp³-hybridized carbons (Fsp3) is 0.562. The summed E-state index contributed by atoms with van der Waals surface area (Å²) in [5, 5.41) is 3.37. The maximum Gasteiger partial charge on any atom is 0.253 e. The van der Waals surface area contributed by atoms with E-state index in [0.29, 0.717) is 22.8 Å². The number of amides is 1. The normalized spacial score (nSPS) is 11.4. The second-order valence-corrected chi connectivity index (χ2v) is 6.41. The van der Waals surface area contributed by atoms with Crippen LogP contribution < -0.4 is 11.1 Å². The monoisotopic (exact) mass is 296 g/mol. The van der Waals surface area contributed by atoms with Gasteiger partial charge in [-0.1, -0.05) is 57.7 Å². The van der Waals surface area contributed by atoms with Crippen LogP contribution in [-0.2, 0) is 0 Å². The Bertz CT molecular complexity index is 458. The Balaban J connectivity index is 2.56. The summed E-state index contributed by atoms with van der Waals surface area (Å²) in [7, 11) is 0. The van der Waals surface area contributed by atoms with Crippen LogP contribution in [0.2, 0.25) is 5.02 Å². The molecule has 0 bridgehead atoms. The van der Waals surface area contributed by atoms with Crippen molar-refractivity contribution in [2.45, 2.75) is 46.5 Å². The standard InChI is InChI=1S/C16H25ClN2O/c1-4-5-6-10-16(2,3)11-19-15(20)12-8-7-9-13(17)14(12)18/h7-9H,4-6,10-11,18H2,1-3H3,(H,19,20). The van der Waals surface area contributed by atoms with Crippen LogP contribution in [0.15, 0.2) is 18.2 Å². The number of carbonyl (C=O) groups is 1. The molecule has 0 aliphatic rings. The maximum atomic E-state index is 12.1. The minimum Gasteiger partial charge on any atom is -0.397 e. The van der Waals surface area contributed by atoms with Crippen molar-refractivity contribution in [3.05, 3.63) is 28.8 Å². The minimum absolute atomic E-state index is 0.0954. The SMILES string of the molecule is CCCCCC(C)(C)CNC(=O)c1cccc(Cl)c1N. The molecule has 0 aliphatic heterocycles. The molecule has 0 unspecified atom stereocenters. The highest BCUT2D eigenvalue weighted by atomic mass is 35.5. The van der Waals surface area contributed by atoms with E-state index in [4.69, 9.17) is 17.3 Å². The average molecular weight is 297 g/mol. The van der Waals surface area contributed by atoms with Crippen LogP contribution in [0.4, 0.5) is 5.69 Å². The van der Waals surface area contributed by atoms with Gasteiger partial charge in [0.1, 0.15) is 0 Å². The molecule has 1 rings (SSSR count). The lowest BCUT2D eigenvalue weighted by Crippen LogP contribution is -2.34. The Hall–Kier alpha value is -1.22. The Morgan fingerprint density at radius 3 is 2.70 bits per heavy atom. The molecule has 3 N–H and O–H groups in total. The lowest BCUT2D eigenvalue weighted by Gasteiger charge is -2.25. The van der Waals surface area contributed by atoms with Gasteiger partial charge >= 0.3 is 0 Å². The van der Waals surface area contributed by atoms with Gasteiger partial charge in [-0.15, -0.1) is 0 Å². The van der Waals surface area contributed by atoms with Crippen LogP contribution in [0, 0.1) is 5.41 Å². The minimum atomic E-state index is -0.159. The topological polar surface area (TPSA) is 55.1 Å². The molecule has 112 valence electrons. The molecule has 0 saturated carbocycles. The average Bonchev–Trinajstić information content (AvgIpc) is 2.39. The number of halogens is 1. The van der Waals surface area contributed by atoms with Crippen LogP contribution in [-0.4, -0.2) is 12.5 Å². The van der Waals surface area contributed by atoms with Gasteiger partial charge in [-0.3, -0.25) is 4.79 Å². The number of nitrogens with two attached hydrogens (primary N) is 1. The number of hydrogen-bond donors (Lipinski definition) is 2. The summed E-state index contributed by atoms with van der Waals surface area (Å²) in [4.78, 5) is 12.1. The predicted octanol–water partition coefficient (Wildman–Crippen LogP) is 4.26. The molecule has 0 aliphatic carbocycles. The van der Waals surface area contributed by atoms with E-state index in [-0.39, 0.29) is 11.3 Å². The zero-order valence-electron chi connectivity index (χ0n) is 12.6. The highest BCUT2D eigenvalue weighted by molar-refractivity contribution is 6.33. The first-order chi connectivity index (χ1) is 9.37. The van der Waals surface area contributed by atoms with Gasteiger partial charge in [0, 0.05) is 6.54 Å². The lowest BCUT2D eigenvalue weighted by atomic mass is 9.87. The van der Waals surface area contributed by atoms with E-state index >= 15 is 0 Å². The Morgan fingerprint density at radius 1 is 1.35 bits per heavy atom.